The Morgan fingerprint density at radius 3 is 2.62 bits per heavy atom. The van der Waals surface area contributed by atoms with Crippen LogP contribution in [0.3, 0.4) is 0 Å². The number of amides is 2. The van der Waals surface area contributed by atoms with Crippen molar-refractivity contribution in [1.29, 1.82) is 0 Å². The van der Waals surface area contributed by atoms with Crippen LogP contribution in [0.5, 0.6) is 0 Å². The summed E-state index contributed by atoms with van der Waals surface area (Å²) in [5.74, 6) is -3.29. The molecular formula is C30H29ClN2O6. The van der Waals surface area contributed by atoms with Crippen LogP contribution in [0.4, 0.5) is 5.69 Å². The van der Waals surface area contributed by atoms with Crippen molar-refractivity contribution in [3.8, 4) is 0 Å². The molecule has 0 radical (unpaired) electrons. The number of carbonyl (C=O) groups excluding carboxylic acids is 3. The number of ether oxygens (including phenoxy) is 2. The zero-order valence-electron chi connectivity index (χ0n) is 21.4. The predicted molar refractivity (Wildman–Crippen MR) is 144 cm³/mol. The summed E-state index contributed by atoms with van der Waals surface area (Å²) in [6.45, 7) is 1.85. The SMILES string of the molecule is Cc1cccc(Cl)c1N1CC=C[C@]23O[C@@H]4C=CCCOC(=O)[C@@H]4[C@H]2C(=O)N([C@H](CO)c2ccccc2)C3C1=O. The Kier molecular flexibility index (Phi) is 6.57. The molecule has 2 saturated heterocycles. The molecule has 0 saturated carbocycles. The van der Waals surface area contributed by atoms with Crippen LogP contribution >= 0.6 is 11.6 Å². The predicted octanol–water partition coefficient (Wildman–Crippen LogP) is 3.37. The van der Waals surface area contributed by atoms with Gasteiger partial charge in [0.25, 0.3) is 5.91 Å². The van der Waals surface area contributed by atoms with Crippen LogP contribution < -0.4 is 4.90 Å². The first kappa shape index (κ1) is 25.8. The van der Waals surface area contributed by atoms with Crippen LogP contribution in [-0.4, -0.2) is 65.3 Å². The summed E-state index contributed by atoms with van der Waals surface area (Å²) in [6.07, 6.45) is 7.04. The maximum atomic E-state index is 14.6. The first-order valence-electron chi connectivity index (χ1n) is 13.1. The Labute approximate surface area is 231 Å². The van der Waals surface area contributed by atoms with E-state index in [4.69, 9.17) is 21.1 Å². The summed E-state index contributed by atoms with van der Waals surface area (Å²) in [7, 11) is 0. The lowest BCUT2D eigenvalue weighted by atomic mass is 9.77. The number of rotatable bonds is 4. The van der Waals surface area contributed by atoms with Crippen molar-refractivity contribution in [1.82, 2.24) is 4.90 Å². The third-order valence-corrected chi connectivity index (χ3v) is 8.51. The topological polar surface area (TPSA) is 96.4 Å². The molecule has 4 aliphatic heterocycles. The highest BCUT2D eigenvalue weighted by atomic mass is 35.5. The molecule has 8 nitrogen and oxygen atoms in total. The number of nitrogens with zero attached hydrogens (tertiary/aromatic N) is 2. The van der Waals surface area contributed by atoms with E-state index >= 15 is 0 Å². The Bertz CT molecular complexity index is 1360. The summed E-state index contributed by atoms with van der Waals surface area (Å²) in [5.41, 5.74) is 0.574. The number of likely N-dealkylation sites (tertiary alicyclic amines) is 1. The van der Waals surface area contributed by atoms with Crippen molar-refractivity contribution in [2.24, 2.45) is 11.8 Å². The van der Waals surface area contributed by atoms with Gasteiger partial charge >= 0.3 is 5.97 Å². The molecule has 1 spiro atoms. The van der Waals surface area contributed by atoms with Gasteiger partial charge in [0.15, 0.2) is 0 Å². The molecule has 0 aliphatic carbocycles. The van der Waals surface area contributed by atoms with Crippen LogP contribution in [-0.2, 0) is 23.9 Å². The van der Waals surface area contributed by atoms with Gasteiger partial charge in [-0.15, -0.1) is 0 Å². The molecule has 6 atom stereocenters. The smallest absolute Gasteiger partial charge is 0.312 e. The van der Waals surface area contributed by atoms with E-state index in [-0.39, 0.29) is 13.2 Å². The highest BCUT2D eigenvalue weighted by Gasteiger charge is 2.72. The molecule has 9 heteroatoms. The largest absolute Gasteiger partial charge is 0.465 e. The average molecular weight is 549 g/mol. The normalized spacial score (nSPS) is 30.7. The van der Waals surface area contributed by atoms with Gasteiger partial charge in [-0.25, -0.2) is 0 Å². The molecule has 0 aromatic heterocycles. The van der Waals surface area contributed by atoms with Gasteiger partial charge < -0.3 is 24.4 Å². The number of cyclic esters (lactones) is 1. The molecule has 1 unspecified atom stereocenters. The third-order valence-electron chi connectivity index (χ3n) is 8.21. The Hall–Kier alpha value is -3.46. The Morgan fingerprint density at radius 1 is 1.08 bits per heavy atom. The fraction of sp³-hybridized carbons (Fsp3) is 0.367. The highest BCUT2D eigenvalue weighted by Crippen LogP contribution is 2.55. The number of hydrogen-bond acceptors (Lipinski definition) is 6. The monoisotopic (exact) mass is 548 g/mol. The number of halogens is 1. The van der Waals surface area contributed by atoms with Crippen molar-refractivity contribution in [3.63, 3.8) is 0 Å². The highest BCUT2D eigenvalue weighted by molar-refractivity contribution is 6.34. The molecule has 2 aromatic carbocycles. The van der Waals surface area contributed by atoms with E-state index in [0.717, 1.165) is 5.56 Å². The standard InChI is InChI=1S/C30H29ClN2O6/c1-18-9-7-12-20(31)25(18)32-15-8-14-30-24(23-22(39-30)13-5-6-16-38-29(23)37)27(35)33(26(30)28(32)36)21(17-34)19-10-3-2-4-11-19/h2-5,7-14,21-24,26,34H,6,15-17H2,1H3/t21-,22-,23+,24+,26?,30+/m1/s1. The number of aryl methyl sites for hydroxylation is 1. The van der Waals surface area contributed by atoms with Crippen molar-refractivity contribution in [2.45, 2.75) is 37.1 Å². The zero-order valence-corrected chi connectivity index (χ0v) is 22.2. The van der Waals surface area contributed by atoms with Crippen LogP contribution in [0.25, 0.3) is 0 Å². The maximum absolute atomic E-state index is 14.6. The summed E-state index contributed by atoms with van der Waals surface area (Å²) in [6, 6.07) is 12.5. The summed E-state index contributed by atoms with van der Waals surface area (Å²) in [4.78, 5) is 45.3. The second-order valence-electron chi connectivity index (χ2n) is 10.3. The molecule has 202 valence electrons. The first-order valence-corrected chi connectivity index (χ1v) is 13.5. The quantitative estimate of drug-likeness (QED) is 0.465. The number of benzene rings is 2. The van der Waals surface area contributed by atoms with Crippen LogP contribution in [0, 0.1) is 18.8 Å². The summed E-state index contributed by atoms with van der Waals surface area (Å²) in [5, 5.41) is 11.0. The van der Waals surface area contributed by atoms with E-state index in [0.29, 0.717) is 22.7 Å². The first-order chi connectivity index (χ1) is 18.9. The van der Waals surface area contributed by atoms with Gasteiger partial charge in [-0.3, -0.25) is 14.4 Å². The number of para-hydroxylation sites is 1. The van der Waals surface area contributed by atoms with Crippen LogP contribution in [0.1, 0.15) is 23.6 Å². The minimum absolute atomic E-state index is 0.199. The maximum Gasteiger partial charge on any atom is 0.312 e. The average Bonchev–Trinajstić information content (AvgIpc) is 3.30. The number of esters is 1. The van der Waals surface area contributed by atoms with E-state index in [9.17, 15) is 19.5 Å². The second-order valence-corrected chi connectivity index (χ2v) is 10.7. The number of hydrogen-bond donors (Lipinski definition) is 1. The van der Waals surface area contributed by atoms with E-state index in [1.54, 1.807) is 41.3 Å². The summed E-state index contributed by atoms with van der Waals surface area (Å²) < 4.78 is 12.1. The Morgan fingerprint density at radius 2 is 1.87 bits per heavy atom. The van der Waals surface area contributed by atoms with Crippen molar-refractivity contribution >= 4 is 35.1 Å². The van der Waals surface area contributed by atoms with E-state index in [1.807, 2.05) is 43.3 Å². The van der Waals surface area contributed by atoms with Gasteiger partial charge in [0.1, 0.15) is 17.6 Å². The Balaban J connectivity index is 1.54. The molecule has 0 bridgehead atoms. The third kappa shape index (κ3) is 3.92. The molecule has 2 aromatic rings. The van der Waals surface area contributed by atoms with Crippen molar-refractivity contribution in [2.75, 3.05) is 24.7 Å². The van der Waals surface area contributed by atoms with Crippen LogP contribution in [0.15, 0.2) is 72.8 Å². The van der Waals surface area contributed by atoms with Gasteiger partial charge in [-0.2, -0.15) is 0 Å². The fourth-order valence-electron chi connectivity index (χ4n) is 6.58. The van der Waals surface area contributed by atoms with Gasteiger partial charge in [-0.1, -0.05) is 78.4 Å². The lowest BCUT2D eigenvalue weighted by Gasteiger charge is -2.39. The number of carbonyl (C=O) groups is 3. The minimum Gasteiger partial charge on any atom is -0.465 e. The number of aliphatic hydroxyl groups excluding tert-OH is 1. The van der Waals surface area contributed by atoms with Gasteiger partial charge in [0, 0.05) is 6.54 Å². The van der Waals surface area contributed by atoms with E-state index in [1.165, 1.54) is 4.90 Å². The lowest BCUT2D eigenvalue weighted by molar-refractivity contribution is -0.155. The van der Waals surface area contributed by atoms with Gasteiger partial charge in [0.05, 0.1) is 42.0 Å². The molecular weight excluding hydrogens is 520 g/mol. The second kappa shape index (κ2) is 9.93. The molecule has 2 amide bonds. The molecule has 2 fully saturated rings. The van der Waals surface area contributed by atoms with Crippen LogP contribution in [0.2, 0.25) is 5.02 Å². The molecule has 4 aliphatic rings. The molecule has 6 rings (SSSR count). The summed E-state index contributed by atoms with van der Waals surface area (Å²) >= 11 is 6.60. The number of aliphatic hydroxyl groups is 1. The zero-order chi connectivity index (χ0) is 27.3. The van der Waals surface area contributed by atoms with E-state index < -0.39 is 60.0 Å². The van der Waals surface area contributed by atoms with Crippen molar-refractivity contribution in [3.05, 3.63) is 89.0 Å². The van der Waals surface area contributed by atoms with E-state index in [2.05, 4.69) is 0 Å². The minimum atomic E-state index is -1.44. The van der Waals surface area contributed by atoms with Crippen molar-refractivity contribution < 1.29 is 29.0 Å². The molecule has 39 heavy (non-hydrogen) atoms. The van der Waals surface area contributed by atoms with Gasteiger partial charge in [0.2, 0.25) is 5.91 Å². The van der Waals surface area contributed by atoms with Gasteiger partial charge in [-0.05, 0) is 30.5 Å². The fourth-order valence-corrected chi connectivity index (χ4v) is 6.90. The number of fused-ring (bicyclic) bond motifs is 2. The lowest BCUT2D eigenvalue weighted by Crippen LogP contribution is -2.56. The molecule has 1 N–H and O–H groups in total. The number of anilines is 1. The molecule has 4 heterocycles.